The number of thiophene rings is 2. The lowest BCUT2D eigenvalue weighted by Crippen LogP contribution is -2.05. The summed E-state index contributed by atoms with van der Waals surface area (Å²) in [6.45, 7) is 0. The summed E-state index contributed by atoms with van der Waals surface area (Å²) >= 11 is 3.71. The number of nitrogens with zero attached hydrogens (tertiary/aromatic N) is 2. The number of benzene rings is 4. The first-order valence-electron chi connectivity index (χ1n) is 10.1. The molecule has 0 aliphatic carbocycles. The Morgan fingerprint density at radius 3 is 1.07 bits per heavy atom. The van der Waals surface area contributed by atoms with E-state index in [4.69, 9.17) is 0 Å². The van der Waals surface area contributed by atoms with E-state index in [1.807, 2.05) is 22.7 Å². The quantitative estimate of drug-likeness (QED) is 0.262. The van der Waals surface area contributed by atoms with Crippen molar-refractivity contribution in [1.29, 1.82) is 0 Å². The average molecular weight is 427 g/mol. The summed E-state index contributed by atoms with van der Waals surface area (Å²) in [6, 6.07) is 23.1. The van der Waals surface area contributed by atoms with E-state index in [-0.39, 0.29) is 0 Å². The second kappa shape index (κ2) is 6.34. The molecule has 0 spiro atoms. The molecule has 30 heavy (non-hydrogen) atoms. The van der Waals surface area contributed by atoms with E-state index in [1.165, 1.54) is 62.5 Å². The Bertz CT molecular complexity index is 1480. The largest absolute Gasteiger partial charge is 0.370 e. The van der Waals surface area contributed by atoms with Gasteiger partial charge in [0.2, 0.25) is 0 Å². The molecule has 4 heteroatoms. The molecule has 2 aromatic heterocycles. The topological polar surface area (TPSA) is 6.48 Å². The molecule has 6 rings (SSSR count). The highest BCUT2D eigenvalue weighted by Crippen LogP contribution is 2.42. The van der Waals surface area contributed by atoms with Gasteiger partial charge >= 0.3 is 0 Å². The highest BCUT2D eigenvalue weighted by Gasteiger charge is 2.13. The molecule has 0 unspecified atom stereocenters. The zero-order valence-corrected chi connectivity index (χ0v) is 19.1. The Labute approximate surface area is 183 Å². The standard InChI is InChI=1S/C26H22N2S2/c1-27(2)25-13-21-19-7-5-16-15(17(19)9-11-23(21)29-25)6-8-20-18(16)10-12-24-22(20)14-26(30-24)28(3)4/h5-14H,1-4H3. The average Bonchev–Trinajstić information content (AvgIpc) is 3.37. The minimum Gasteiger partial charge on any atom is -0.370 e. The highest BCUT2D eigenvalue weighted by atomic mass is 32.1. The van der Waals surface area contributed by atoms with Crippen molar-refractivity contribution >= 4 is 85.2 Å². The molecule has 0 bridgehead atoms. The normalized spacial score (nSPS) is 12.0. The van der Waals surface area contributed by atoms with Crippen molar-refractivity contribution in [3.8, 4) is 0 Å². The molecule has 0 radical (unpaired) electrons. The van der Waals surface area contributed by atoms with Gasteiger partial charge in [0.05, 0.1) is 10.0 Å². The van der Waals surface area contributed by atoms with Gasteiger partial charge in [-0.1, -0.05) is 36.4 Å². The molecule has 6 aromatic rings. The van der Waals surface area contributed by atoms with Gasteiger partial charge in [-0.25, -0.2) is 0 Å². The predicted octanol–water partition coefficient (Wildman–Crippen LogP) is 7.71. The summed E-state index contributed by atoms with van der Waals surface area (Å²) < 4.78 is 2.70. The lowest BCUT2D eigenvalue weighted by molar-refractivity contribution is 1.16. The summed E-state index contributed by atoms with van der Waals surface area (Å²) in [5, 5.41) is 13.3. The zero-order valence-electron chi connectivity index (χ0n) is 17.5. The van der Waals surface area contributed by atoms with Gasteiger partial charge in [-0.15, -0.1) is 22.7 Å². The summed E-state index contributed by atoms with van der Waals surface area (Å²) in [5.41, 5.74) is 0. The molecule has 0 aliphatic heterocycles. The van der Waals surface area contributed by atoms with Crippen LogP contribution in [0.1, 0.15) is 0 Å². The van der Waals surface area contributed by atoms with Crippen LogP contribution in [-0.4, -0.2) is 28.2 Å². The van der Waals surface area contributed by atoms with Crippen LogP contribution in [0.3, 0.4) is 0 Å². The molecule has 0 atom stereocenters. The number of rotatable bonds is 2. The second-order valence-electron chi connectivity index (χ2n) is 8.33. The van der Waals surface area contributed by atoms with E-state index >= 15 is 0 Å². The molecule has 2 nitrogen and oxygen atoms in total. The Morgan fingerprint density at radius 2 is 0.733 bits per heavy atom. The minimum absolute atomic E-state index is 1.30. The van der Waals surface area contributed by atoms with Crippen LogP contribution in [0.2, 0.25) is 0 Å². The van der Waals surface area contributed by atoms with Crippen LogP contribution < -0.4 is 9.80 Å². The molecule has 0 saturated carbocycles. The maximum atomic E-state index is 2.33. The van der Waals surface area contributed by atoms with Crippen LogP contribution in [0.4, 0.5) is 10.0 Å². The Morgan fingerprint density at radius 1 is 0.433 bits per heavy atom. The van der Waals surface area contributed by atoms with Crippen molar-refractivity contribution in [3.63, 3.8) is 0 Å². The second-order valence-corrected chi connectivity index (χ2v) is 10.5. The fraction of sp³-hybridized carbons (Fsp3) is 0.154. The maximum absolute atomic E-state index is 2.33. The van der Waals surface area contributed by atoms with Crippen molar-refractivity contribution in [2.24, 2.45) is 0 Å². The van der Waals surface area contributed by atoms with Crippen molar-refractivity contribution in [1.82, 2.24) is 0 Å². The third kappa shape index (κ3) is 2.47. The van der Waals surface area contributed by atoms with E-state index in [9.17, 15) is 0 Å². The van der Waals surface area contributed by atoms with Crippen LogP contribution in [0.15, 0.2) is 60.7 Å². The van der Waals surface area contributed by atoms with E-state index in [0.717, 1.165) is 0 Å². The zero-order chi connectivity index (χ0) is 20.6. The monoisotopic (exact) mass is 426 g/mol. The van der Waals surface area contributed by atoms with Gasteiger partial charge in [0.1, 0.15) is 0 Å². The van der Waals surface area contributed by atoms with E-state index in [2.05, 4.69) is 98.7 Å². The molecule has 148 valence electrons. The van der Waals surface area contributed by atoms with E-state index in [0.29, 0.717) is 0 Å². The van der Waals surface area contributed by atoms with Gasteiger partial charge in [-0.2, -0.15) is 0 Å². The summed E-state index contributed by atoms with van der Waals surface area (Å²) in [4.78, 5) is 4.39. The summed E-state index contributed by atoms with van der Waals surface area (Å²) in [5.74, 6) is 0. The molecular weight excluding hydrogens is 404 g/mol. The third-order valence-electron chi connectivity index (χ3n) is 6.04. The maximum Gasteiger partial charge on any atom is 0.0916 e. The first kappa shape index (κ1) is 18.0. The van der Waals surface area contributed by atoms with Crippen molar-refractivity contribution in [2.75, 3.05) is 38.0 Å². The minimum atomic E-state index is 1.30. The SMILES string of the molecule is CN(C)c1cc2c(ccc3c2ccc2c4ccc5sc(N(C)C)cc5c4ccc32)s1. The number of anilines is 2. The lowest BCUT2D eigenvalue weighted by atomic mass is 9.95. The van der Waals surface area contributed by atoms with Crippen molar-refractivity contribution in [2.45, 2.75) is 0 Å². The van der Waals surface area contributed by atoms with Crippen LogP contribution in [0.5, 0.6) is 0 Å². The third-order valence-corrected chi connectivity index (χ3v) is 8.58. The molecule has 2 heterocycles. The van der Waals surface area contributed by atoms with Crippen molar-refractivity contribution < 1.29 is 0 Å². The molecular formula is C26H22N2S2. The predicted molar refractivity (Wildman–Crippen MR) is 138 cm³/mol. The Hall–Kier alpha value is -2.82. The van der Waals surface area contributed by atoms with Crippen molar-refractivity contribution in [3.05, 3.63) is 60.7 Å². The fourth-order valence-corrected chi connectivity index (χ4v) is 6.49. The Balaban J connectivity index is 1.68. The van der Waals surface area contributed by atoms with Gasteiger partial charge in [-0.05, 0) is 56.6 Å². The smallest absolute Gasteiger partial charge is 0.0916 e. The molecule has 0 aliphatic rings. The number of fused-ring (bicyclic) bond motifs is 9. The Kier molecular flexibility index (Phi) is 3.80. The summed E-state index contributed by atoms with van der Waals surface area (Å²) in [7, 11) is 8.45. The fourth-order valence-electron chi connectivity index (χ4n) is 4.49. The number of hydrogen-bond donors (Lipinski definition) is 0. The van der Waals surface area contributed by atoms with Gasteiger partial charge in [0.25, 0.3) is 0 Å². The highest BCUT2D eigenvalue weighted by molar-refractivity contribution is 7.23. The van der Waals surface area contributed by atoms with Crippen LogP contribution in [-0.2, 0) is 0 Å². The lowest BCUT2D eigenvalue weighted by Gasteiger charge is -2.09. The van der Waals surface area contributed by atoms with E-state index in [1.54, 1.807) is 0 Å². The van der Waals surface area contributed by atoms with Crippen LogP contribution in [0.25, 0.3) is 52.5 Å². The molecule has 0 amide bonds. The van der Waals surface area contributed by atoms with Crippen LogP contribution in [0, 0.1) is 0 Å². The molecule has 0 N–H and O–H groups in total. The van der Waals surface area contributed by atoms with Crippen LogP contribution >= 0.6 is 22.7 Å². The number of hydrogen-bond acceptors (Lipinski definition) is 4. The molecule has 4 aromatic carbocycles. The molecule has 0 saturated heterocycles. The molecule has 0 fully saturated rings. The van der Waals surface area contributed by atoms with Gasteiger partial charge in [-0.3, -0.25) is 0 Å². The summed E-state index contributed by atoms with van der Waals surface area (Å²) in [6.07, 6.45) is 0. The van der Waals surface area contributed by atoms with E-state index < -0.39 is 0 Å². The first-order valence-corrected chi connectivity index (χ1v) is 11.7. The van der Waals surface area contributed by atoms with Gasteiger partial charge < -0.3 is 9.80 Å². The first-order chi connectivity index (χ1) is 14.5. The van der Waals surface area contributed by atoms with Gasteiger partial charge in [0, 0.05) is 48.4 Å². The van der Waals surface area contributed by atoms with Gasteiger partial charge in [0.15, 0.2) is 0 Å².